The average Bonchev–Trinajstić information content (AvgIpc) is 2.77. The quantitative estimate of drug-likeness (QED) is 0.663. The number of pyridine rings is 1. The predicted molar refractivity (Wildman–Crippen MR) is 118 cm³/mol. The summed E-state index contributed by atoms with van der Waals surface area (Å²) in [5.74, 6) is -0.0152. The van der Waals surface area contributed by atoms with Crippen molar-refractivity contribution in [3.05, 3.63) is 48.3 Å². The molecule has 2 aromatic rings. The molecule has 164 valence electrons. The molecule has 10 heteroatoms. The molecule has 0 saturated carbocycles. The minimum Gasteiger partial charge on any atom is -0.341 e. The molecule has 2 amide bonds. The number of piperidine rings is 1. The lowest BCUT2D eigenvalue weighted by Gasteiger charge is -2.33. The van der Waals surface area contributed by atoms with Crippen LogP contribution in [0, 0.1) is 5.92 Å². The number of hydrogen-bond acceptors (Lipinski definition) is 6. The topological polar surface area (TPSA) is 108 Å². The zero-order chi connectivity index (χ0) is 22.0. The van der Waals surface area contributed by atoms with Gasteiger partial charge in [0.2, 0.25) is 21.8 Å². The van der Waals surface area contributed by atoms with Gasteiger partial charge in [-0.25, -0.2) is 13.1 Å². The van der Waals surface area contributed by atoms with E-state index in [0.29, 0.717) is 29.6 Å². The molecule has 1 aromatic heterocycles. The number of carbonyl (C=O) groups excluding carboxylic acids is 2. The second-order valence-corrected chi connectivity index (χ2v) is 10.8. The van der Waals surface area contributed by atoms with Crippen LogP contribution in [-0.4, -0.2) is 48.5 Å². The summed E-state index contributed by atoms with van der Waals surface area (Å²) in [5.41, 5.74) is 1.14. The zero-order valence-corrected chi connectivity index (χ0v) is 18.7. The average molecular weight is 461 g/mol. The van der Waals surface area contributed by atoms with E-state index >= 15 is 0 Å². The third kappa shape index (κ3) is 4.91. The Morgan fingerprint density at radius 2 is 2.06 bits per heavy atom. The number of rotatable bonds is 5. The fraction of sp³-hybridized carbons (Fsp3) is 0.381. The van der Waals surface area contributed by atoms with E-state index in [9.17, 15) is 18.0 Å². The summed E-state index contributed by atoms with van der Waals surface area (Å²) in [5, 5.41) is 1.86. The van der Waals surface area contributed by atoms with Crippen LogP contribution in [0.2, 0.25) is 0 Å². The van der Waals surface area contributed by atoms with Crippen LogP contribution in [0.5, 0.6) is 0 Å². The molecule has 0 bridgehead atoms. The van der Waals surface area contributed by atoms with Gasteiger partial charge < -0.3 is 10.2 Å². The van der Waals surface area contributed by atoms with Crippen molar-refractivity contribution in [2.45, 2.75) is 41.4 Å². The number of hydrogen-bond donors (Lipinski definition) is 2. The second-order valence-electron chi connectivity index (χ2n) is 7.84. The number of amides is 2. The van der Waals surface area contributed by atoms with Crippen molar-refractivity contribution in [3.63, 3.8) is 0 Å². The zero-order valence-electron chi connectivity index (χ0n) is 17.1. The molecule has 0 spiro atoms. The molecular weight excluding hydrogens is 436 g/mol. The van der Waals surface area contributed by atoms with E-state index in [1.54, 1.807) is 35.5 Å². The highest BCUT2D eigenvalue weighted by Gasteiger charge is 2.37. The Balaban J connectivity index is 1.47. The predicted octanol–water partition coefficient (Wildman–Crippen LogP) is 2.23. The highest BCUT2D eigenvalue weighted by molar-refractivity contribution is 8.01. The molecule has 1 atom stereocenters. The molecule has 1 saturated heterocycles. The lowest BCUT2D eigenvalue weighted by Crippen LogP contribution is -2.47. The third-order valence-corrected chi connectivity index (χ3v) is 8.17. The van der Waals surface area contributed by atoms with Gasteiger partial charge in [0, 0.05) is 36.9 Å². The lowest BCUT2D eigenvalue weighted by molar-refractivity contribution is -0.135. The summed E-state index contributed by atoms with van der Waals surface area (Å²) in [6.45, 7) is 3.60. The summed E-state index contributed by atoms with van der Waals surface area (Å²) in [6, 6.07) is 8.06. The smallest absolute Gasteiger partial charge is 0.247 e. The van der Waals surface area contributed by atoms with Crippen LogP contribution in [0.4, 0.5) is 5.69 Å². The molecule has 0 aliphatic carbocycles. The summed E-state index contributed by atoms with van der Waals surface area (Å²) in [4.78, 5) is 31.9. The molecule has 8 nitrogen and oxygen atoms in total. The molecule has 31 heavy (non-hydrogen) atoms. The van der Waals surface area contributed by atoms with Gasteiger partial charge in [0.05, 0.1) is 10.6 Å². The minimum atomic E-state index is -3.78. The van der Waals surface area contributed by atoms with E-state index in [1.807, 2.05) is 0 Å². The molecule has 1 fully saturated rings. The van der Waals surface area contributed by atoms with E-state index < -0.39 is 21.2 Å². The van der Waals surface area contributed by atoms with Crippen LogP contribution in [0.15, 0.2) is 52.5 Å². The van der Waals surface area contributed by atoms with Crippen molar-refractivity contribution in [2.24, 2.45) is 5.92 Å². The van der Waals surface area contributed by atoms with Gasteiger partial charge in [-0.15, -0.1) is 11.8 Å². The first kappa shape index (κ1) is 21.8. The van der Waals surface area contributed by atoms with Gasteiger partial charge in [-0.2, -0.15) is 0 Å². The van der Waals surface area contributed by atoms with Gasteiger partial charge in [0.25, 0.3) is 0 Å². The van der Waals surface area contributed by atoms with Crippen molar-refractivity contribution in [1.82, 2.24) is 14.6 Å². The molecule has 0 unspecified atom stereocenters. The number of likely N-dealkylation sites (tertiary alicyclic amines) is 1. The number of nitrogens with zero attached hydrogens (tertiary/aromatic N) is 2. The van der Waals surface area contributed by atoms with Crippen LogP contribution in [-0.2, 0) is 26.2 Å². The Kier molecular flexibility index (Phi) is 6.31. The number of thioether (sulfide) groups is 1. The number of carbonyl (C=O) groups is 2. The van der Waals surface area contributed by atoms with E-state index in [2.05, 4.69) is 21.9 Å². The van der Waals surface area contributed by atoms with Crippen LogP contribution in [0.25, 0.3) is 0 Å². The van der Waals surface area contributed by atoms with Gasteiger partial charge in [-0.1, -0.05) is 13.0 Å². The monoisotopic (exact) mass is 460 g/mol. The third-order valence-electron chi connectivity index (χ3n) is 5.51. The number of sulfonamides is 1. The molecule has 2 aliphatic heterocycles. The Labute approximate surface area is 185 Å². The van der Waals surface area contributed by atoms with Gasteiger partial charge in [-0.3, -0.25) is 14.6 Å². The first-order chi connectivity index (χ1) is 14.8. The van der Waals surface area contributed by atoms with Gasteiger partial charge in [0.15, 0.2) is 5.25 Å². The number of benzene rings is 1. The van der Waals surface area contributed by atoms with Crippen molar-refractivity contribution in [1.29, 1.82) is 0 Å². The maximum absolute atomic E-state index is 12.9. The molecule has 3 heterocycles. The van der Waals surface area contributed by atoms with E-state index in [-0.39, 0.29) is 17.3 Å². The van der Waals surface area contributed by atoms with Gasteiger partial charge >= 0.3 is 0 Å². The van der Waals surface area contributed by atoms with Crippen molar-refractivity contribution >= 4 is 39.3 Å². The summed E-state index contributed by atoms with van der Waals surface area (Å²) in [6.07, 6.45) is 5.08. The molecule has 2 N–H and O–H groups in total. The Morgan fingerprint density at radius 1 is 1.29 bits per heavy atom. The van der Waals surface area contributed by atoms with E-state index in [4.69, 9.17) is 0 Å². The maximum Gasteiger partial charge on any atom is 0.247 e. The molecule has 0 radical (unpaired) electrons. The minimum absolute atomic E-state index is 0.0471. The number of fused-ring (bicyclic) bond motifs is 1. The van der Waals surface area contributed by atoms with E-state index in [0.717, 1.165) is 18.4 Å². The van der Waals surface area contributed by atoms with Gasteiger partial charge in [-0.05, 0) is 48.6 Å². The first-order valence-electron chi connectivity index (χ1n) is 10.1. The normalized spacial score (nSPS) is 19.6. The van der Waals surface area contributed by atoms with Crippen LogP contribution < -0.4 is 10.0 Å². The number of anilines is 1. The van der Waals surface area contributed by atoms with Crippen molar-refractivity contribution in [3.8, 4) is 0 Å². The summed E-state index contributed by atoms with van der Waals surface area (Å²) < 4.78 is 27.9. The fourth-order valence-corrected chi connectivity index (χ4v) is 5.67. The summed E-state index contributed by atoms with van der Waals surface area (Å²) in [7, 11) is -3.78. The fourth-order valence-electron chi connectivity index (χ4n) is 3.58. The molecule has 4 rings (SSSR count). The van der Waals surface area contributed by atoms with Crippen LogP contribution in [0.1, 0.15) is 25.3 Å². The number of nitrogens with one attached hydrogen (secondary N) is 2. The lowest BCUT2D eigenvalue weighted by atomic mass is 9.99. The summed E-state index contributed by atoms with van der Waals surface area (Å²) >= 11 is 1.17. The maximum atomic E-state index is 12.9. The number of aromatic nitrogens is 1. The SMILES string of the molecule is CC1CCN(C(=O)[C@@H]2Sc3ccc(S(=O)(=O)NCc4cccnc4)cc3NC2=O)CC1. The van der Waals surface area contributed by atoms with Crippen LogP contribution in [0.3, 0.4) is 0 Å². The molecular formula is C21H24N4O4S2. The Morgan fingerprint density at radius 3 is 2.77 bits per heavy atom. The first-order valence-corrected chi connectivity index (χ1v) is 12.5. The Hall–Kier alpha value is -2.43. The second kappa shape index (κ2) is 8.97. The standard InChI is InChI=1S/C21H24N4O4S2/c1-14-6-9-25(10-7-14)21(27)19-20(26)24-17-11-16(4-5-18(17)30-19)31(28,29)23-13-15-3-2-8-22-12-15/h2-5,8,11-12,14,19,23H,6-7,9-10,13H2,1H3,(H,24,26)/t19-/m1/s1. The molecule has 1 aromatic carbocycles. The highest BCUT2D eigenvalue weighted by atomic mass is 32.2. The van der Waals surface area contributed by atoms with Crippen LogP contribution >= 0.6 is 11.8 Å². The van der Waals surface area contributed by atoms with Crippen molar-refractivity contribution < 1.29 is 18.0 Å². The Bertz CT molecular complexity index is 1080. The highest BCUT2D eigenvalue weighted by Crippen LogP contribution is 2.38. The van der Waals surface area contributed by atoms with Gasteiger partial charge in [0.1, 0.15) is 0 Å². The van der Waals surface area contributed by atoms with E-state index in [1.165, 1.54) is 23.9 Å². The largest absolute Gasteiger partial charge is 0.341 e. The molecule has 2 aliphatic rings. The van der Waals surface area contributed by atoms with Crippen molar-refractivity contribution in [2.75, 3.05) is 18.4 Å².